The Kier molecular flexibility index (Phi) is 2.88. The van der Waals surface area contributed by atoms with Gasteiger partial charge in [-0.3, -0.25) is 0 Å². The zero-order valence-electron chi connectivity index (χ0n) is 11.3. The van der Waals surface area contributed by atoms with Crippen molar-refractivity contribution >= 4 is 22.7 Å². The molecule has 3 rings (SSSR count). The molecule has 0 amide bonds. The van der Waals surface area contributed by atoms with Gasteiger partial charge >= 0.3 is 0 Å². The molecular formula is C16H13N3O. The van der Waals surface area contributed by atoms with Crippen LogP contribution in [0.1, 0.15) is 22.9 Å². The SMILES string of the molecule is Cc1ccc2nc(/C(C#N)=C/c3ccc(C)o3)[nH]c2c1. The van der Waals surface area contributed by atoms with Crippen LogP contribution in [-0.2, 0) is 0 Å². The van der Waals surface area contributed by atoms with Gasteiger partial charge in [0.25, 0.3) is 0 Å². The molecule has 2 aromatic heterocycles. The molecule has 1 aromatic carbocycles. The van der Waals surface area contributed by atoms with E-state index in [9.17, 15) is 5.26 Å². The number of H-pyrrole nitrogens is 1. The minimum Gasteiger partial charge on any atom is -0.462 e. The van der Waals surface area contributed by atoms with Crippen molar-refractivity contribution in [3.63, 3.8) is 0 Å². The number of imidazole rings is 1. The molecule has 0 saturated heterocycles. The molecule has 0 saturated carbocycles. The van der Waals surface area contributed by atoms with Gasteiger partial charge in [-0.15, -0.1) is 0 Å². The maximum absolute atomic E-state index is 9.31. The number of aryl methyl sites for hydroxylation is 2. The van der Waals surface area contributed by atoms with Crippen molar-refractivity contribution in [3.8, 4) is 6.07 Å². The number of benzene rings is 1. The Bertz CT molecular complexity index is 846. The number of hydrogen-bond donors (Lipinski definition) is 1. The number of hydrogen-bond acceptors (Lipinski definition) is 3. The van der Waals surface area contributed by atoms with Crippen molar-refractivity contribution < 1.29 is 4.42 Å². The van der Waals surface area contributed by atoms with Crippen LogP contribution in [0.4, 0.5) is 0 Å². The highest BCUT2D eigenvalue weighted by Gasteiger charge is 2.09. The molecule has 1 N–H and O–H groups in total. The fourth-order valence-corrected chi connectivity index (χ4v) is 2.08. The molecule has 0 radical (unpaired) electrons. The summed E-state index contributed by atoms with van der Waals surface area (Å²) in [5.74, 6) is 2.02. The van der Waals surface area contributed by atoms with E-state index in [0.717, 1.165) is 22.4 Å². The molecule has 3 aromatic rings. The first-order chi connectivity index (χ1) is 9.65. The Morgan fingerprint density at radius 1 is 1.30 bits per heavy atom. The van der Waals surface area contributed by atoms with E-state index < -0.39 is 0 Å². The lowest BCUT2D eigenvalue weighted by Gasteiger charge is -1.92. The maximum Gasteiger partial charge on any atom is 0.149 e. The number of nitrogens with zero attached hydrogens (tertiary/aromatic N) is 2. The lowest BCUT2D eigenvalue weighted by Crippen LogP contribution is -1.84. The second kappa shape index (κ2) is 4.71. The van der Waals surface area contributed by atoms with E-state index in [1.807, 2.05) is 44.2 Å². The molecule has 98 valence electrons. The molecule has 0 aliphatic rings. The summed E-state index contributed by atoms with van der Waals surface area (Å²) >= 11 is 0. The Morgan fingerprint density at radius 3 is 2.85 bits per heavy atom. The van der Waals surface area contributed by atoms with Gasteiger partial charge in [0.2, 0.25) is 0 Å². The molecule has 2 heterocycles. The predicted octanol–water partition coefficient (Wildman–Crippen LogP) is 3.84. The van der Waals surface area contributed by atoms with Crippen LogP contribution in [0, 0.1) is 25.2 Å². The number of rotatable bonds is 2. The lowest BCUT2D eigenvalue weighted by molar-refractivity contribution is 0.525. The predicted molar refractivity (Wildman–Crippen MR) is 77.8 cm³/mol. The van der Waals surface area contributed by atoms with Crippen molar-refractivity contribution in [3.05, 3.63) is 53.2 Å². The number of aromatic amines is 1. The molecule has 0 spiro atoms. The largest absolute Gasteiger partial charge is 0.462 e. The normalized spacial score (nSPS) is 11.8. The number of nitrogens with one attached hydrogen (secondary N) is 1. The zero-order chi connectivity index (χ0) is 14.1. The Balaban J connectivity index is 2.07. The van der Waals surface area contributed by atoms with E-state index in [0.29, 0.717) is 17.2 Å². The van der Waals surface area contributed by atoms with Gasteiger partial charge in [0.1, 0.15) is 23.4 Å². The number of aromatic nitrogens is 2. The van der Waals surface area contributed by atoms with Crippen molar-refractivity contribution in [2.45, 2.75) is 13.8 Å². The zero-order valence-corrected chi connectivity index (χ0v) is 11.3. The smallest absolute Gasteiger partial charge is 0.149 e. The van der Waals surface area contributed by atoms with E-state index in [-0.39, 0.29) is 0 Å². The van der Waals surface area contributed by atoms with E-state index in [2.05, 4.69) is 16.0 Å². The molecule has 4 heteroatoms. The standard InChI is InChI=1S/C16H13N3O/c1-10-3-6-14-15(7-10)19-16(18-14)12(9-17)8-13-5-4-11(2)20-13/h3-8H,1-2H3,(H,18,19)/b12-8+. The first kappa shape index (κ1) is 12.2. The van der Waals surface area contributed by atoms with Crippen LogP contribution in [0.25, 0.3) is 22.7 Å². The van der Waals surface area contributed by atoms with Gasteiger partial charge in [-0.1, -0.05) is 6.07 Å². The highest BCUT2D eigenvalue weighted by Crippen LogP contribution is 2.20. The fraction of sp³-hybridized carbons (Fsp3) is 0.125. The molecule has 0 aliphatic carbocycles. The molecule has 20 heavy (non-hydrogen) atoms. The maximum atomic E-state index is 9.31. The topological polar surface area (TPSA) is 65.6 Å². The summed E-state index contributed by atoms with van der Waals surface area (Å²) in [5.41, 5.74) is 3.38. The summed E-state index contributed by atoms with van der Waals surface area (Å²) in [7, 11) is 0. The highest BCUT2D eigenvalue weighted by molar-refractivity contribution is 5.89. The molecule has 0 aliphatic heterocycles. The van der Waals surface area contributed by atoms with Crippen LogP contribution in [0.2, 0.25) is 0 Å². The van der Waals surface area contributed by atoms with Gasteiger partial charge in [-0.2, -0.15) is 5.26 Å². The average Bonchev–Trinajstić information content (AvgIpc) is 3.01. The minimum atomic E-state index is 0.452. The summed E-state index contributed by atoms with van der Waals surface area (Å²) in [6, 6.07) is 11.8. The molecule has 0 bridgehead atoms. The quantitative estimate of drug-likeness (QED) is 0.714. The van der Waals surface area contributed by atoms with Gasteiger partial charge in [0.05, 0.1) is 16.6 Å². The fourth-order valence-electron chi connectivity index (χ4n) is 2.08. The monoisotopic (exact) mass is 263 g/mol. The van der Waals surface area contributed by atoms with Gasteiger partial charge < -0.3 is 9.40 Å². The average molecular weight is 263 g/mol. The first-order valence-corrected chi connectivity index (χ1v) is 6.31. The van der Waals surface area contributed by atoms with Crippen molar-refractivity contribution in [1.82, 2.24) is 9.97 Å². The van der Waals surface area contributed by atoms with Crippen LogP contribution < -0.4 is 0 Å². The lowest BCUT2D eigenvalue weighted by atomic mass is 10.2. The highest BCUT2D eigenvalue weighted by atomic mass is 16.3. The second-order valence-corrected chi connectivity index (χ2v) is 4.72. The second-order valence-electron chi connectivity index (χ2n) is 4.72. The third-order valence-electron chi connectivity index (χ3n) is 3.06. The number of nitriles is 1. The Morgan fingerprint density at radius 2 is 2.15 bits per heavy atom. The molecular weight excluding hydrogens is 250 g/mol. The van der Waals surface area contributed by atoms with Crippen molar-refractivity contribution in [1.29, 1.82) is 5.26 Å². The Hall–Kier alpha value is -2.80. The van der Waals surface area contributed by atoms with Crippen molar-refractivity contribution in [2.75, 3.05) is 0 Å². The summed E-state index contributed by atoms with van der Waals surface area (Å²) in [6.45, 7) is 3.89. The number of fused-ring (bicyclic) bond motifs is 1. The van der Waals surface area contributed by atoms with Crippen LogP contribution in [-0.4, -0.2) is 9.97 Å². The van der Waals surface area contributed by atoms with Crippen molar-refractivity contribution in [2.24, 2.45) is 0 Å². The summed E-state index contributed by atoms with van der Waals surface area (Å²) < 4.78 is 5.46. The third kappa shape index (κ3) is 2.21. The third-order valence-corrected chi connectivity index (χ3v) is 3.06. The van der Waals surface area contributed by atoms with Gasteiger partial charge in [-0.05, 0) is 43.7 Å². The molecule has 0 atom stereocenters. The Labute approximate surface area is 116 Å². The summed E-state index contributed by atoms with van der Waals surface area (Å²) in [4.78, 5) is 7.61. The molecule has 0 fully saturated rings. The van der Waals surface area contributed by atoms with E-state index >= 15 is 0 Å². The molecule has 4 nitrogen and oxygen atoms in total. The first-order valence-electron chi connectivity index (χ1n) is 6.31. The molecule has 0 unspecified atom stereocenters. The number of furan rings is 1. The van der Waals surface area contributed by atoms with Crippen LogP contribution in [0.15, 0.2) is 34.7 Å². The van der Waals surface area contributed by atoms with Crippen LogP contribution >= 0.6 is 0 Å². The van der Waals surface area contributed by atoms with E-state index in [1.54, 1.807) is 6.08 Å². The van der Waals surface area contributed by atoms with Crippen LogP contribution in [0.5, 0.6) is 0 Å². The van der Waals surface area contributed by atoms with E-state index in [4.69, 9.17) is 4.42 Å². The summed E-state index contributed by atoms with van der Waals surface area (Å²) in [5, 5.41) is 9.31. The van der Waals surface area contributed by atoms with Crippen LogP contribution in [0.3, 0.4) is 0 Å². The van der Waals surface area contributed by atoms with Gasteiger partial charge in [0.15, 0.2) is 0 Å². The summed E-state index contributed by atoms with van der Waals surface area (Å²) in [6.07, 6.45) is 1.69. The van der Waals surface area contributed by atoms with E-state index in [1.165, 1.54) is 0 Å². The number of allylic oxidation sites excluding steroid dienone is 1. The van der Waals surface area contributed by atoms with Gasteiger partial charge in [0, 0.05) is 6.08 Å². The van der Waals surface area contributed by atoms with Gasteiger partial charge in [-0.25, -0.2) is 4.98 Å². The minimum absolute atomic E-state index is 0.452.